The summed E-state index contributed by atoms with van der Waals surface area (Å²) in [4.78, 5) is 6.76. The molecule has 0 saturated carbocycles. The monoisotopic (exact) mass is 255 g/mol. The van der Waals surface area contributed by atoms with Crippen LogP contribution >= 0.6 is 11.3 Å². The van der Waals surface area contributed by atoms with Gasteiger partial charge in [0.2, 0.25) is 0 Å². The van der Waals surface area contributed by atoms with Gasteiger partial charge >= 0.3 is 0 Å². The predicted octanol–water partition coefficient (Wildman–Crippen LogP) is 1.39. The van der Waals surface area contributed by atoms with Gasteiger partial charge in [0.05, 0.1) is 16.8 Å². The first kappa shape index (κ1) is 13.0. The maximum atomic E-state index is 5.87. The largest absolute Gasteiger partial charge is 0.377 e. The van der Waals surface area contributed by atoms with Crippen molar-refractivity contribution in [1.29, 1.82) is 0 Å². The number of hydrogen-bond donors (Lipinski definition) is 1. The summed E-state index contributed by atoms with van der Waals surface area (Å²) in [5.74, 6) is 0. The van der Waals surface area contributed by atoms with E-state index in [9.17, 15) is 0 Å². The molecule has 2 N–H and O–H groups in total. The highest BCUT2D eigenvalue weighted by molar-refractivity contribution is 7.09. The lowest BCUT2D eigenvalue weighted by molar-refractivity contribution is 0.0343. The molecule has 4 nitrogen and oxygen atoms in total. The van der Waals surface area contributed by atoms with Crippen LogP contribution in [0.3, 0.4) is 0 Å². The van der Waals surface area contributed by atoms with Gasteiger partial charge in [-0.1, -0.05) is 0 Å². The number of aryl methyl sites for hydroxylation is 1. The molecule has 5 heteroatoms. The highest BCUT2D eigenvalue weighted by Gasteiger charge is 2.28. The summed E-state index contributed by atoms with van der Waals surface area (Å²) in [6, 6.07) is 0.305. The average Bonchev–Trinajstić information content (AvgIpc) is 2.92. The molecule has 2 atom stereocenters. The highest BCUT2D eigenvalue weighted by atomic mass is 32.1. The lowest BCUT2D eigenvalue weighted by Gasteiger charge is -2.30. The van der Waals surface area contributed by atoms with Gasteiger partial charge in [-0.2, -0.15) is 0 Å². The molecule has 0 spiro atoms. The summed E-state index contributed by atoms with van der Waals surface area (Å²) >= 11 is 1.70. The minimum absolute atomic E-state index is 0.296. The first-order chi connectivity index (χ1) is 8.20. The molecule has 0 aliphatic carbocycles. The lowest BCUT2D eigenvalue weighted by Crippen LogP contribution is -2.45. The topological polar surface area (TPSA) is 51.4 Å². The smallest absolute Gasteiger partial charge is 0.0897 e. The van der Waals surface area contributed by atoms with Crippen LogP contribution in [0, 0.1) is 6.92 Å². The van der Waals surface area contributed by atoms with E-state index < -0.39 is 0 Å². The number of aromatic nitrogens is 1. The Hall–Kier alpha value is -0.490. The number of hydrogen-bond acceptors (Lipinski definition) is 5. The minimum Gasteiger partial charge on any atom is -0.377 e. The number of likely N-dealkylation sites (N-methyl/N-ethyl adjacent to an activating group) is 1. The van der Waals surface area contributed by atoms with Crippen LogP contribution in [0.5, 0.6) is 0 Å². The zero-order valence-corrected chi connectivity index (χ0v) is 11.4. The van der Waals surface area contributed by atoms with Crippen molar-refractivity contribution in [3.05, 3.63) is 16.1 Å². The van der Waals surface area contributed by atoms with Crippen molar-refractivity contribution < 1.29 is 4.74 Å². The zero-order valence-electron chi connectivity index (χ0n) is 10.6. The Morgan fingerprint density at radius 1 is 1.71 bits per heavy atom. The molecule has 0 radical (unpaired) electrons. The van der Waals surface area contributed by atoms with Crippen LogP contribution in [-0.2, 0) is 11.3 Å². The highest BCUT2D eigenvalue weighted by Crippen LogP contribution is 2.20. The van der Waals surface area contributed by atoms with Crippen LogP contribution in [0.2, 0.25) is 0 Å². The van der Waals surface area contributed by atoms with Gasteiger partial charge in [0, 0.05) is 31.1 Å². The Morgan fingerprint density at radius 3 is 3.06 bits per heavy atom. The van der Waals surface area contributed by atoms with Crippen molar-refractivity contribution in [2.24, 2.45) is 5.73 Å². The third-order valence-corrected chi connectivity index (χ3v) is 4.10. The molecule has 1 aromatic rings. The van der Waals surface area contributed by atoms with Crippen molar-refractivity contribution in [2.45, 2.75) is 38.5 Å². The van der Waals surface area contributed by atoms with Gasteiger partial charge in [-0.05, 0) is 26.8 Å². The van der Waals surface area contributed by atoms with Crippen LogP contribution in [0.1, 0.15) is 23.5 Å². The molecule has 1 fully saturated rings. The molecule has 2 heterocycles. The maximum Gasteiger partial charge on any atom is 0.0897 e. The van der Waals surface area contributed by atoms with E-state index >= 15 is 0 Å². The fourth-order valence-corrected chi connectivity index (χ4v) is 2.98. The van der Waals surface area contributed by atoms with Crippen LogP contribution in [-0.4, -0.2) is 42.2 Å². The van der Waals surface area contributed by atoms with E-state index in [2.05, 4.69) is 22.3 Å². The predicted molar refractivity (Wildman–Crippen MR) is 70.1 cm³/mol. The minimum atomic E-state index is 0.296. The van der Waals surface area contributed by atoms with Crippen molar-refractivity contribution >= 4 is 11.3 Å². The van der Waals surface area contributed by atoms with Crippen LogP contribution in [0.15, 0.2) is 5.38 Å². The van der Waals surface area contributed by atoms with Gasteiger partial charge in [0.1, 0.15) is 0 Å². The number of nitrogens with zero attached hydrogens (tertiary/aromatic N) is 2. The summed E-state index contributed by atoms with van der Waals surface area (Å²) in [6.45, 7) is 4.41. The quantitative estimate of drug-likeness (QED) is 0.864. The van der Waals surface area contributed by atoms with E-state index in [1.165, 1.54) is 0 Å². The molecule has 0 aromatic carbocycles. The fraction of sp³-hybridized carbons (Fsp3) is 0.750. The molecular weight excluding hydrogens is 234 g/mol. The second-order valence-corrected chi connectivity index (χ2v) is 5.69. The first-order valence-electron chi connectivity index (χ1n) is 6.13. The Morgan fingerprint density at radius 2 is 2.53 bits per heavy atom. The molecule has 2 rings (SSSR count). The summed E-state index contributed by atoms with van der Waals surface area (Å²) in [7, 11) is 2.11. The SMILES string of the molecule is Cc1nc(CN(C)C(CN)C2CCCO2)cs1. The van der Waals surface area contributed by atoms with Crippen LogP contribution < -0.4 is 5.73 Å². The Bertz CT molecular complexity index is 349. The average molecular weight is 255 g/mol. The molecule has 17 heavy (non-hydrogen) atoms. The molecule has 1 aliphatic heterocycles. The number of ether oxygens (including phenoxy) is 1. The lowest BCUT2D eigenvalue weighted by atomic mass is 10.1. The Kier molecular flexibility index (Phi) is 4.50. The molecule has 96 valence electrons. The van der Waals surface area contributed by atoms with Crippen LogP contribution in [0.4, 0.5) is 0 Å². The third kappa shape index (κ3) is 3.25. The van der Waals surface area contributed by atoms with Crippen molar-refractivity contribution in [1.82, 2.24) is 9.88 Å². The molecule has 2 unspecified atom stereocenters. The van der Waals surface area contributed by atoms with Crippen LogP contribution in [0.25, 0.3) is 0 Å². The summed E-state index contributed by atoms with van der Waals surface area (Å²) in [6.07, 6.45) is 2.58. The van der Waals surface area contributed by atoms with Gasteiger partial charge < -0.3 is 10.5 Å². The van der Waals surface area contributed by atoms with E-state index in [-0.39, 0.29) is 0 Å². The summed E-state index contributed by atoms with van der Waals surface area (Å²) < 4.78 is 5.73. The van der Waals surface area contributed by atoms with Gasteiger partial charge in [-0.3, -0.25) is 4.90 Å². The Labute approximate surface area is 107 Å². The second-order valence-electron chi connectivity index (χ2n) is 4.63. The number of nitrogens with two attached hydrogens (primary N) is 1. The standard InChI is InChI=1S/C12H21N3OS/c1-9-14-10(8-17-9)7-15(2)11(6-13)12-4-3-5-16-12/h8,11-12H,3-7,13H2,1-2H3. The number of rotatable bonds is 5. The molecule has 0 bridgehead atoms. The molecule has 0 amide bonds. The van der Waals surface area contributed by atoms with Crippen molar-refractivity contribution in [3.63, 3.8) is 0 Å². The zero-order chi connectivity index (χ0) is 12.3. The van der Waals surface area contributed by atoms with E-state index in [4.69, 9.17) is 10.5 Å². The van der Waals surface area contributed by atoms with E-state index in [0.717, 1.165) is 36.7 Å². The van der Waals surface area contributed by atoms with Gasteiger partial charge in [-0.25, -0.2) is 4.98 Å². The van der Waals surface area contributed by atoms with Crippen molar-refractivity contribution in [2.75, 3.05) is 20.2 Å². The molecule has 1 aliphatic rings. The van der Waals surface area contributed by atoms with Gasteiger partial charge in [0.15, 0.2) is 0 Å². The molecule has 1 aromatic heterocycles. The van der Waals surface area contributed by atoms with Crippen molar-refractivity contribution in [3.8, 4) is 0 Å². The normalized spacial score (nSPS) is 22.2. The maximum absolute atomic E-state index is 5.87. The van der Waals surface area contributed by atoms with Gasteiger partial charge in [-0.15, -0.1) is 11.3 Å². The third-order valence-electron chi connectivity index (χ3n) is 3.28. The second kappa shape index (κ2) is 5.91. The van der Waals surface area contributed by atoms with E-state index in [0.29, 0.717) is 18.7 Å². The summed E-state index contributed by atoms with van der Waals surface area (Å²) in [5, 5.41) is 3.24. The van der Waals surface area contributed by atoms with E-state index in [1.54, 1.807) is 11.3 Å². The first-order valence-corrected chi connectivity index (χ1v) is 7.01. The number of thiazole rings is 1. The van der Waals surface area contributed by atoms with Gasteiger partial charge in [0.25, 0.3) is 0 Å². The summed E-state index contributed by atoms with van der Waals surface area (Å²) in [5.41, 5.74) is 7.00. The molecule has 1 saturated heterocycles. The fourth-order valence-electron chi connectivity index (χ4n) is 2.38. The Balaban J connectivity index is 1.94. The van der Waals surface area contributed by atoms with E-state index in [1.807, 2.05) is 6.92 Å². The molecular formula is C12H21N3OS.